The summed E-state index contributed by atoms with van der Waals surface area (Å²) in [7, 11) is 0. The van der Waals surface area contributed by atoms with E-state index in [-0.39, 0.29) is 17.3 Å². The van der Waals surface area contributed by atoms with E-state index in [2.05, 4.69) is 21.2 Å². The lowest BCUT2D eigenvalue weighted by Gasteiger charge is -2.09. The van der Waals surface area contributed by atoms with Crippen molar-refractivity contribution in [2.24, 2.45) is 0 Å². The molecule has 0 aliphatic carbocycles. The lowest BCUT2D eigenvalue weighted by molar-refractivity contribution is -0.115. The molecule has 0 fully saturated rings. The highest BCUT2D eigenvalue weighted by molar-refractivity contribution is 9.10. The molecule has 0 saturated heterocycles. The normalized spacial score (nSPS) is 12.2. The number of nitrogens with one attached hydrogen (secondary N) is 1. The zero-order valence-electron chi connectivity index (χ0n) is 9.24. The van der Waals surface area contributed by atoms with Crippen molar-refractivity contribution >= 4 is 27.5 Å². The number of benzene rings is 1. The monoisotopic (exact) mass is 285 g/mol. The molecule has 1 rings (SSSR count). The van der Waals surface area contributed by atoms with Crippen molar-refractivity contribution in [3.05, 3.63) is 29.8 Å². The molecule has 0 spiro atoms. The highest BCUT2D eigenvalue weighted by Gasteiger charge is 2.11. The Bertz CT molecular complexity index is 337. The van der Waals surface area contributed by atoms with E-state index in [1.165, 1.54) is 0 Å². The summed E-state index contributed by atoms with van der Waals surface area (Å²) in [5.74, 6) is -0.0302. The maximum absolute atomic E-state index is 11.6. The molecule has 1 unspecified atom stereocenters. The zero-order chi connectivity index (χ0) is 12.0. The Labute approximate surface area is 104 Å². The van der Waals surface area contributed by atoms with E-state index in [0.29, 0.717) is 6.42 Å². The summed E-state index contributed by atoms with van der Waals surface area (Å²) in [4.78, 5) is 11.4. The lowest BCUT2D eigenvalue weighted by atomic mass is 10.1. The number of hydrogen-bond donors (Lipinski definition) is 2. The third-order valence-electron chi connectivity index (χ3n) is 2.26. The summed E-state index contributed by atoms with van der Waals surface area (Å²) < 4.78 is 0. The number of alkyl halides is 1. The largest absolute Gasteiger partial charge is 0.396 e. The second-order valence-electron chi connectivity index (χ2n) is 3.54. The van der Waals surface area contributed by atoms with Crippen LogP contribution in [-0.2, 0) is 11.2 Å². The number of carbonyl (C=O) groups is 1. The van der Waals surface area contributed by atoms with E-state index in [9.17, 15) is 4.79 Å². The van der Waals surface area contributed by atoms with Crippen LogP contribution in [0.3, 0.4) is 0 Å². The summed E-state index contributed by atoms with van der Waals surface area (Å²) in [5, 5.41) is 11.6. The van der Waals surface area contributed by atoms with Crippen LogP contribution in [0.1, 0.15) is 18.9 Å². The molecule has 0 aliphatic rings. The molecule has 0 heterocycles. The minimum absolute atomic E-state index is 0.0302. The quantitative estimate of drug-likeness (QED) is 0.816. The van der Waals surface area contributed by atoms with Gasteiger partial charge in [-0.3, -0.25) is 4.79 Å². The van der Waals surface area contributed by atoms with E-state index in [1.54, 1.807) is 0 Å². The van der Waals surface area contributed by atoms with Gasteiger partial charge in [0.25, 0.3) is 0 Å². The molecule has 1 aromatic carbocycles. The molecule has 88 valence electrons. The molecule has 0 saturated carbocycles. The molecule has 1 atom stereocenters. The zero-order valence-corrected chi connectivity index (χ0v) is 10.8. The second-order valence-corrected chi connectivity index (χ2v) is 4.64. The van der Waals surface area contributed by atoms with Crippen LogP contribution in [0.25, 0.3) is 0 Å². The summed E-state index contributed by atoms with van der Waals surface area (Å²) in [6.45, 7) is 2.09. The van der Waals surface area contributed by atoms with Crippen LogP contribution >= 0.6 is 15.9 Å². The topological polar surface area (TPSA) is 49.3 Å². The van der Waals surface area contributed by atoms with Crippen LogP contribution in [-0.4, -0.2) is 22.4 Å². The van der Waals surface area contributed by atoms with Crippen LogP contribution in [0.2, 0.25) is 0 Å². The SMILES string of the molecule is CCC(Br)C(=O)Nc1ccc(CCO)cc1. The maximum Gasteiger partial charge on any atom is 0.238 e. The molecule has 4 heteroatoms. The molecular weight excluding hydrogens is 270 g/mol. The Balaban J connectivity index is 2.58. The third kappa shape index (κ3) is 3.94. The predicted molar refractivity (Wildman–Crippen MR) is 68.9 cm³/mol. The number of hydrogen-bond acceptors (Lipinski definition) is 2. The van der Waals surface area contributed by atoms with Crippen molar-refractivity contribution in [3.63, 3.8) is 0 Å². The first kappa shape index (κ1) is 13.2. The van der Waals surface area contributed by atoms with E-state index in [0.717, 1.165) is 17.7 Å². The summed E-state index contributed by atoms with van der Waals surface area (Å²) in [6, 6.07) is 7.50. The molecule has 2 N–H and O–H groups in total. The Hall–Kier alpha value is -0.870. The molecular formula is C12H16BrNO2. The first-order valence-electron chi connectivity index (χ1n) is 5.32. The lowest BCUT2D eigenvalue weighted by Crippen LogP contribution is -2.21. The molecule has 1 amide bonds. The van der Waals surface area contributed by atoms with Crippen LogP contribution in [0.5, 0.6) is 0 Å². The molecule has 0 aliphatic heterocycles. The van der Waals surface area contributed by atoms with Gasteiger partial charge in [0.05, 0.1) is 4.83 Å². The Kier molecular flexibility index (Phi) is 5.49. The second kappa shape index (κ2) is 6.66. The molecule has 0 aromatic heterocycles. The predicted octanol–water partition coefficient (Wildman–Crippen LogP) is 2.33. The van der Waals surface area contributed by atoms with Gasteiger partial charge in [0, 0.05) is 12.3 Å². The number of halogens is 1. The van der Waals surface area contributed by atoms with E-state index in [4.69, 9.17) is 5.11 Å². The van der Waals surface area contributed by atoms with Crippen molar-refractivity contribution in [3.8, 4) is 0 Å². The average molecular weight is 286 g/mol. The van der Waals surface area contributed by atoms with Gasteiger partial charge in [-0.2, -0.15) is 0 Å². The van der Waals surface area contributed by atoms with Gasteiger partial charge in [0.2, 0.25) is 5.91 Å². The van der Waals surface area contributed by atoms with Crippen molar-refractivity contribution in [2.75, 3.05) is 11.9 Å². The first-order chi connectivity index (χ1) is 7.67. The van der Waals surface area contributed by atoms with Crippen LogP contribution in [0.15, 0.2) is 24.3 Å². The van der Waals surface area contributed by atoms with Crippen molar-refractivity contribution in [2.45, 2.75) is 24.6 Å². The Morgan fingerprint density at radius 2 is 2.06 bits per heavy atom. The Morgan fingerprint density at radius 1 is 1.44 bits per heavy atom. The number of amides is 1. The molecule has 16 heavy (non-hydrogen) atoms. The van der Waals surface area contributed by atoms with Gasteiger partial charge in [-0.1, -0.05) is 35.0 Å². The van der Waals surface area contributed by atoms with Crippen molar-refractivity contribution in [1.82, 2.24) is 0 Å². The molecule has 0 bridgehead atoms. The van der Waals surface area contributed by atoms with Gasteiger partial charge in [-0.25, -0.2) is 0 Å². The van der Waals surface area contributed by atoms with Gasteiger partial charge in [0.1, 0.15) is 0 Å². The van der Waals surface area contributed by atoms with Gasteiger partial charge in [-0.15, -0.1) is 0 Å². The Morgan fingerprint density at radius 3 is 2.56 bits per heavy atom. The smallest absolute Gasteiger partial charge is 0.238 e. The molecule has 0 radical (unpaired) electrons. The van der Waals surface area contributed by atoms with Gasteiger partial charge in [-0.05, 0) is 30.5 Å². The van der Waals surface area contributed by atoms with Gasteiger partial charge < -0.3 is 10.4 Å². The first-order valence-corrected chi connectivity index (χ1v) is 6.23. The summed E-state index contributed by atoms with van der Waals surface area (Å²) in [6.07, 6.45) is 1.40. The van der Waals surface area contributed by atoms with E-state index < -0.39 is 0 Å². The van der Waals surface area contributed by atoms with E-state index >= 15 is 0 Å². The highest BCUT2D eigenvalue weighted by Crippen LogP contribution is 2.13. The number of aliphatic hydroxyl groups excluding tert-OH is 1. The van der Waals surface area contributed by atoms with E-state index in [1.807, 2.05) is 31.2 Å². The number of carbonyl (C=O) groups excluding carboxylic acids is 1. The summed E-state index contributed by atoms with van der Waals surface area (Å²) >= 11 is 3.29. The number of rotatable bonds is 5. The minimum atomic E-state index is -0.149. The third-order valence-corrected chi connectivity index (χ3v) is 3.33. The molecule has 1 aromatic rings. The minimum Gasteiger partial charge on any atom is -0.396 e. The van der Waals surface area contributed by atoms with Gasteiger partial charge >= 0.3 is 0 Å². The van der Waals surface area contributed by atoms with Crippen molar-refractivity contribution in [1.29, 1.82) is 0 Å². The number of anilines is 1. The summed E-state index contributed by atoms with van der Waals surface area (Å²) in [5.41, 5.74) is 1.84. The van der Waals surface area contributed by atoms with Crippen LogP contribution < -0.4 is 5.32 Å². The standard InChI is InChI=1S/C12H16BrNO2/c1-2-11(13)12(16)14-10-5-3-9(4-6-10)7-8-15/h3-6,11,15H,2,7-8H2,1H3,(H,14,16). The fraction of sp³-hybridized carbons (Fsp3) is 0.417. The highest BCUT2D eigenvalue weighted by atomic mass is 79.9. The van der Waals surface area contributed by atoms with Crippen LogP contribution in [0, 0.1) is 0 Å². The fourth-order valence-electron chi connectivity index (χ4n) is 1.29. The fourth-order valence-corrected chi connectivity index (χ4v) is 1.40. The van der Waals surface area contributed by atoms with Gasteiger partial charge in [0.15, 0.2) is 0 Å². The van der Waals surface area contributed by atoms with Crippen LogP contribution in [0.4, 0.5) is 5.69 Å². The van der Waals surface area contributed by atoms with Crippen molar-refractivity contribution < 1.29 is 9.90 Å². The average Bonchev–Trinajstić information content (AvgIpc) is 2.31. The molecule has 3 nitrogen and oxygen atoms in total. The maximum atomic E-state index is 11.6. The number of aliphatic hydroxyl groups is 1.